The van der Waals surface area contributed by atoms with Crippen molar-refractivity contribution in [2.45, 2.75) is 43.9 Å². The summed E-state index contributed by atoms with van der Waals surface area (Å²) in [7, 11) is 3.94. The molecule has 26 heavy (non-hydrogen) atoms. The summed E-state index contributed by atoms with van der Waals surface area (Å²) in [6, 6.07) is 11.0. The zero-order valence-corrected chi connectivity index (χ0v) is 15.7. The minimum Gasteiger partial charge on any atom is -0.377 e. The molecule has 6 nitrogen and oxygen atoms in total. The van der Waals surface area contributed by atoms with Gasteiger partial charge < -0.3 is 9.26 Å². The first-order valence-corrected chi connectivity index (χ1v) is 9.47. The molecule has 0 aliphatic carbocycles. The van der Waals surface area contributed by atoms with Crippen LogP contribution in [0.5, 0.6) is 0 Å². The highest BCUT2D eigenvalue weighted by molar-refractivity contribution is 5.23. The predicted molar refractivity (Wildman–Crippen MR) is 98.7 cm³/mol. The molecule has 0 N–H and O–H groups in total. The van der Waals surface area contributed by atoms with Gasteiger partial charge in [-0.05, 0) is 37.8 Å². The van der Waals surface area contributed by atoms with Crippen LogP contribution in [-0.2, 0) is 17.9 Å². The summed E-state index contributed by atoms with van der Waals surface area (Å²) in [5.74, 6) is 1.97. The van der Waals surface area contributed by atoms with Gasteiger partial charge in [-0.25, -0.2) is 0 Å². The van der Waals surface area contributed by atoms with Crippen molar-refractivity contribution >= 4 is 0 Å². The summed E-state index contributed by atoms with van der Waals surface area (Å²) < 4.78 is 10.4. The van der Waals surface area contributed by atoms with Crippen molar-refractivity contribution in [2.75, 3.05) is 33.8 Å². The molecule has 3 heterocycles. The summed E-state index contributed by atoms with van der Waals surface area (Å²) in [6.45, 7) is 4.45. The second kappa shape index (κ2) is 7.47. The molecule has 1 spiro atoms. The first kappa shape index (κ1) is 17.6. The van der Waals surface area contributed by atoms with E-state index in [4.69, 9.17) is 9.26 Å². The minimum absolute atomic E-state index is 0.340. The molecule has 4 rings (SSSR count). The number of hydrogen-bond acceptors (Lipinski definition) is 6. The average molecular weight is 356 g/mol. The summed E-state index contributed by atoms with van der Waals surface area (Å²) in [6.07, 6.45) is 3.66. The van der Waals surface area contributed by atoms with Crippen LogP contribution in [0.3, 0.4) is 0 Å². The summed E-state index contributed by atoms with van der Waals surface area (Å²) >= 11 is 0. The number of methoxy groups -OCH3 is 1. The normalized spacial score (nSPS) is 23.7. The summed E-state index contributed by atoms with van der Waals surface area (Å²) in [4.78, 5) is 9.43. The molecule has 1 aromatic heterocycles. The molecule has 1 atom stereocenters. The maximum atomic E-state index is 5.34. The molecule has 0 saturated carbocycles. The maximum absolute atomic E-state index is 5.34. The number of likely N-dealkylation sites (N-methyl/N-ethyl adjacent to an activating group) is 1. The fourth-order valence-corrected chi connectivity index (χ4v) is 4.60. The van der Waals surface area contributed by atoms with Gasteiger partial charge in [-0.2, -0.15) is 4.98 Å². The second-order valence-corrected chi connectivity index (χ2v) is 7.73. The number of aromatic nitrogens is 2. The summed E-state index contributed by atoms with van der Waals surface area (Å²) in [5, 5.41) is 3.95. The van der Waals surface area contributed by atoms with E-state index in [9.17, 15) is 0 Å². The first-order chi connectivity index (χ1) is 12.7. The highest BCUT2D eigenvalue weighted by atomic mass is 16.5. The largest absolute Gasteiger partial charge is 0.377 e. The molecule has 2 fully saturated rings. The zero-order chi connectivity index (χ0) is 18.0. The lowest BCUT2D eigenvalue weighted by Crippen LogP contribution is -2.50. The monoisotopic (exact) mass is 356 g/mol. The Balaban J connectivity index is 1.35. The van der Waals surface area contributed by atoms with E-state index < -0.39 is 0 Å². The van der Waals surface area contributed by atoms with Gasteiger partial charge in [0.15, 0.2) is 5.82 Å². The number of likely N-dealkylation sites (tertiary alicyclic amines) is 2. The van der Waals surface area contributed by atoms with Crippen LogP contribution in [0, 0.1) is 0 Å². The number of hydrogen-bond donors (Lipinski definition) is 0. The lowest BCUT2D eigenvalue weighted by molar-refractivity contribution is 0.0623. The molecule has 0 radical (unpaired) electrons. The highest BCUT2D eigenvalue weighted by Crippen LogP contribution is 2.44. The lowest BCUT2D eigenvalue weighted by atomic mass is 9.81. The van der Waals surface area contributed by atoms with Gasteiger partial charge in [-0.1, -0.05) is 35.5 Å². The van der Waals surface area contributed by atoms with Crippen LogP contribution in [0.2, 0.25) is 0 Å². The second-order valence-electron chi connectivity index (χ2n) is 7.73. The van der Waals surface area contributed by atoms with Crippen molar-refractivity contribution in [1.82, 2.24) is 19.9 Å². The van der Waals surface area contributed by atoms with E-state index in [-0.39, 0.29) is 0 Å². The van der Waals surface area contributed by atoms with E-state index in [0.29, 0.717) is 29.8 Å². The van der Waals surface area contributed by atoms with Crippen LogP contribution in [0.15, 0.2) is 34.9 Å². The molecular formula is C20H28N4O2. The van der Waals surface area contributed by atoms with E-state index in [0.717, 1.165) is 26.2 Å². The van der Waals surface area contributed by atoms with E-state index in [2.05, 4.69) is 57.3 Å². The fraction of sp³-hybridized carbons (Fsp3) is 0.600. The highest BCUT2D eigenvalue weighted by Gasteiger charge is 2.45. The summed E-state index contributed by atoms with van der Waals surface area (Å²) in [5.41, 5.74) is 1.82. The molecule has 2 saturated heterocycles. The van der Waals surface area contributed by atoms with Crippen molar-refractivity contribution in [3.63, 3.8) is 0 Å². The van der Waals surface area contributed by atoms with Crippen molar-refractivity contribution in [3.8, 4) is 0 Å². The van der Waals surface area contributed by atoms with Gasteiger partial charge in [0.25, 0.3) is 0 Å². The maximum Gasteiger partial charge on any atom is 0.240 e. The van der Waals surface area contributed by atoms with Crippen LogP contribution >= 0.6 is 0 Å². The van der Waals surface area contributed by atoms with Crippen molar-refractivity contribution < 1.29 is 9.26 Å². The van der Waals surface area contributed by atoms with Gasteiger partial charge in [-0.15, -0.1) is 0 Å². The Morgan fingerprint density at radius 3 is 2.73 bits per heavy atom. The van der Waals surface area contributed by atoms with Gasteiger partial charge in [0.2, 0.25) is 5.89 Å². The molecule has 2 aliphatic heterocycles. The Morgan fingerprint density at radius 2 is 2.00 bits per heavy atom. The molecule has 140 valence electrons. The van der Waals surface area contributed by atoms with Gasteiger partial charge in [0.1, 0.15) is 6.61 Å². The Hall–Kier alpha value is -1.76. The predicted octanol–water partition coefficient (Wildman–Crippen LogP) is 2.67. The third-order valence-electron chi connectivity index (χ3n) is 6.13. The molecule has 6 heteroatoms. The Labute approximate surface area is 155 Å². The van der Waals surface area contributed by atoms with Gasteiger partial charge in [0.05, 0.1) is 6.54 Å². The van der Waals surface area contributed by atoms with Gasteiger partial charge >= 0.3 is 0 Å². The van der Waals surface area contributed by atoms with Crippen molar-refractivity contribution in [3.05, 3.63) is 47.6 Å². The molecule has 1 aromatic carbocycles. The molecule has 2 aliphatic rings. The third-order valence-corrected chi connectivity index (χ3v) is 6.13. The molecule has 0 amide bonds. The van der Waals surface area contributed by atoms with Crippen molar-refractivity contribution in [1.29, 1.82) is 0 Å². The standard InChI is InChI=1S/C20H28N4O2/c1-23-13-17(16-6-4-3-5-7-16)12-20(23)8-10-24(11-9-20)14-19-21-18(15-25-2)22-26-19/h3-7,17H,8-15H2,1-2H3. The van der Waals surface area contributed by atoms with Crippen LogP contribution < -0.4 is 0 Å². The fourth-order valence-electron chi connectivity index (χ4n) is 4.60. The molecule has 2 aromatic rings. The van der Waals surface area contributed by atoms with Crippen LogP contribution in [0.4, 0.5) is 0 Å². The third kappa shape index (κ3) is 3.54. The SMILES string of the molecule is COCc1noc(CN2CCC3(CC2)CC(c2ccccc2)CN3C)n1. The van der Waals surface area contributed by atoms with E-state index >= 15 is 0 Å². The van der Waals surface area contributed by atoms with Crippen LogP contribution in [-0.4, -0.2) is 59.3 Å². The number of ether oxygens (including phenoxy) is 1. The lowest BCUT2D eigenvalue weighted by Gasteiger charge is -2.43. The number of nitrogens with zero attached hydrogens (tertiary/aromatic N) is 4. The Kier molecular flexibility index (Phi) is 5.07. The number of benzene rings is 1. The number of piperidine rings is 1. The van der Waals surface area contributed by atoms with E-state index in [1.165, 1.54) is 24.8 Å². The van der Waals surface area contributed by atoms with Gasteiger partial charge in [0, 0.05) is 32.3 Å². The van der Waals surface area contributed by atoms with Crippen LogP contribution in [0.25, 0.3) is 0 Å². The number of rotatable bonds is 5. The van der Waals surface area contributed by atoms with Gasteiger partial charge in [-0.3, -0.25) is 9.80 Å². The van der Waals surface area contributed by atoms with E-state index in [1.807, 2.05) is 0 Å². The topological polar surface area (TPSA) is 54.6 Å². The Morgan fingerprint density at radius 1 is 1.23 bits per heavy atom. The van der Waals surface area contributed by atoms with E-state index in [1.54, 1.807) is 7.11 Å². The first-order valence-electron chi connectivity index (χ1n) is 9.47. The van der Waals surface area contributed by atoms with Crippen molar-refractivity contribution in [2.24, 2.45) is 0 Å². The smallest absolute Gasteiger partial charge is 0.240 e. The Bertz CT molecular complexity index is 710. The molecular weight excluding hydrogens is 328 g/mol. The van der Waals surface area contributed by atoms with Crippen LogP contribution in [0.1, 0.15) is 42.5 Å². The molecule has 1 unspecified atom stereocenters. The quantitative estimate of drug-likeness (QED) is 0.821. The molecule has 0 bridgehead atoms. The zero-order valence-electron chi connectivity index (χ0n) is 15.7. The average Bonchev–Trinajstić information content (AvgIpc) is 3.23. The minimum atomic E-state index is 0.340.